The summed E-state index contributed by atoms with van der Waals surface area (Å²) in [5.74, 6) is 0.419. The van der Waals surface area contributed by atoms with Gasteiger partial charge in [-0.05, 0) is 48.6 Å². The van der Waals surface area contributed by atoms with Crippen LogP contribution in [0, 0.1) is 3.57 Å². The zero-order valence-corrected chi connectivity index (χ0v) is 14.4. The first kappa shape index (κ1) is 15.7. The highest BCUT2D eigenvalue weighted by atomic mass is 127. The Bertz CT molecular complexity index is 758. The number of aromatic nitrogens is 3. The van der Waals surface area contributed by atoms with Crippen LogP contribution in [0.15, 0.2) is 23.4 Å². The number of benzene rings is 1. The fraction of sp³-hybridized carbons (Fsp3) is 0.273. The highest BCUT2D eigenvalue weighted by molar-refractivity contribution is 14.1. The van der Waals surface area contributed by atoms with Crippen LogP contribution in [0.3, 0.4) is 0 Å². The van der Waals surface area contributed by atoms with E-state index < -0.39 is 10.0 Å². The van der Waals surface area contributed by atoms with E-state index in [4.69, 9.17) is 16.7 Å². The topological polar surface area (TPSA) is 90.9 Å². The molecule has 20 heavy (non-hydrogen) atoms. The third kappa shape index (κ3) is 2.97. The van der Waals surface area contributed by atoms with Gasteiger partial charge >= 0.3 is 0 Å². The van der Waals surface area contributed by atoms with Crippen LogP contribution in [0.4, 0.5) is 0 Å². The molecule has 0 bridgehead atoms. The highest BCUT2D eigenvalue weighted by Crippen LogP contribution is 2.28. The summed E-state index contributed by atoms with van der Waals surface area (Å²) in [5.41, 5.74) is 0.687. The van der Waals surface area contributed by atoms with Crippen LogP contribution in [0.25, 0.3) is 11.4 Å². The van der Waals surface area contributed by atoms with E-state index in [1.54, 1.807) is 6.07 Å². The number of rotatable bonds is 3. The minimum Gasteiger partial charge on any atom is -0.294 e. The van der Waals surface area contributed by atoms with Crippen molar-refractivity contribution in [2.24, 2.45) is 5.14 Å². The van der Waals surface area contributed by atoms with E-state index in [9.17, 15) is 8.42 Å². The van der Waals surface area contributed by atoms with Gasteiger partial charge in [0.2, 0.25) is 0 Å². The second kappa shape index (κ2) is 5.58. The molecule has 0 aliphatic carbocycles. The largest absolute Gasteiger partial charge is 0.294 e. The lowest BCUT2D eigenvalue weighted by Gasteiger charge is -2.13. The molecule has 0 saturated heterocycles. The van der Waals surface area contributed by atoms with E-state index in [1.165, 1.54) is 4.57 Å². The first-order chi connectivity index (χ1) is 9.21. The molecule has 0 aliphatic heterocycles. The fourth-order valence-electron chi connectivity index (χ4n) is 1.77. The maximum Gasteiger partial charge on any atom is 0.273 e. The minimum atomic E-state index is -3.93. The fourth-order valence-corrected chi connectivity index (χ4v) is 3.01. The molecule has 0 spiro atoms. The summed E-state index contributed by atoms with van der Waals surface area (Å²) in [7, 11) is -3.93. The van der Waals surface area contributed by atoms with Gasteiger partial charge in [-0.2, -0.15) is 0 Å². The lowest BCUT2D eigenvalue weighted by molar-refractivity contribution is 0.524. The van der Waals surface area contributed by atoms with Crippen molar-refractivity contribution in [2.75, 3.05) is 0 Å². The van der Waals surface area contributed by atoms with Gasteiger partial charge in [0.05, 0.1) is 5.02 Å². The first-order valence-electron chi connectivity index (χ1n) is 5.65. The number of primary sulfonamides is 1. The van der Waals surface area contributed by atoms with Gasteiger partial charge in [-0.15, -0.1) is 10.2 Å². The predicted molar refractivity (Wildman–Crippen MR) is 84.9 cm³/mol. The zero-order valence-electron chi connectivity index (χ0n) is 10.7. The van der Waals surface area contributed by atoms with Crippen LogP contribution in [0.5, 0.6) is 0 Å². The Morgan fingerprint density at radius 3 is 2.50 bits per heavy atom. The predicted octanol–water partition coefficient (Wildman–Crippen LogP) is 2.43. The number of hydrogen-bond donors (Lipinski definition) is 1. The Hall–Kier alpha value is -0.710. The van der Waals surface area contributed by atoms with E-state index in [2.05, 4.69) is 32.8 Å². The van der Waals surface area contributed by atoms with Crippen molar-refractivity contribution in [3.63, 3.8) is 0 Å². The summed E-state index contributed by atoms with van der Waals surface area (Å²) in [4.78, 5) is 0. The van der Waals surface area contributed by atoms with Crippen molar-refractivity contribution in [2.45, 2.75) is 25.0 Å². The molecule has 2 aromatic rings. The molecule has 0 radical (unpaired) electrons. The van der Waals surface area contributed by atoms with Crippen LogP contribution in [-0.4, -0.2) is 23.2 Å². The van der Waals surface area contributed by atoms with Crippen LogP contribution in [-0.2, 0) is 10.0 Å². The lowest BCUT2D eigenvalue weighted by atomic mass is 10.2. The molecule has 1 aromatic heterocycles. The molecule has 0 amide bonds. The molecule has 2 N–H and O–H groups in total. The van der Waals surface area contributed by atoms with E-state index >= 15 is 0 Å². The quantitative estimate of drug-likeness (QED) is 0.763. The van der Waals surface area contributed by atoms with Gasteiger partial charge in [0.15, 0.2) is 5.82 Å². The minimum absolute atomic E-state index is 0.161. The molecule has 0 atom stereocenters. The summed E-state index contributed by atoms with van der Waals surface area (Å²) in [6.45, 7) is 3.66. The molecule has 1 aromatic carbocycles. The molecule has 0 aliphatic rings. The van der Waals surface area contributed by atoms with Gasteiger partial charge in [0, 0.05) is 15.2 Å². The molecule has 0 unspecified atom stereocenters. The molecule has 9 heteroatoms. The van der Waals surface area contributed by atoms with Crippen molar-refractivity contribution >= 4 is 44.2 Å². The summed E-state index contributed by atoms with van der Waals surface area (Å²) in [5, 5.41) is 13.1. The number of sulfonamides is 1. The van der Waals surface area contributed by atoms with Crippen molar-refractivity contribution < 1.29 is 8.42 Å². The second-order valence-corrected chi connectivity index (χ2v) is 7.47. The molecule has 1 heterocycles. The Morgan fingerprint density at radius 2 is 2.00 bits per heavy atom. The van der Waals surface area contributed by atoms with E-state index in [-0.39, 0.29) is 11.2 Å². The van der Waals surface area contributed by atoms with Gasteiger partial charge < -0.3 is 0 Å². The van der Waals surface area contributed by atoms with Crippen LogP contribution >= 0.6 is 34.2 Å². The van der Waals surface area contributed by atoms with E-state index in [1.807, 2.05) is 26.0 Å². The van der Waals surface area contributed by atoms with Gasteiger partial charge in [-0.1, -0.05) is 17.7 Å². The van der Waals surface area contributed by atoms with E-state index in [0.717, 1.165) is 3.57 Å². The van der Waals surface area contributed by atoms with Gasteiger partial charge in [0.25, 0.3) is 15.2 Å². The van der Waals surface area contributed by atoms with Crippen molar-refractivity contribution in [1.82, 2.24) is 14.8 Å². The number of halogens is 2. The number of nitrogens with two attached hydrogens (primary N) is 1. The maximum absolute atomic E-state index is 11.6. The van der Waals surface area contributed by atoms with Gasteiger partial charge in [-0.25, -0.2) is 13.6 Å². The summed E-state index contributed by atoms with van der Waals surface area (Å²) in [6.07, 6.45) is 0. The average Bonchev–Trinajstić information content (AvgIpc) is 2.77. The number of nitrogens with zero attached hydrogens (tertiary/aromatic N) is 3. The number of hydrogen-bond acceptors (Lipinski definition) is 4. The molecule has 6 nitrogen and oxygen atoms in total. The maximum atomic E-state index is 11.6. The monoisotopic (exact) mass is 426 g/mol. The van der Waals surface area contributed by atoms with Crippen LogP contribution in [0.1, 0.15) is 19.9 Å². The Labute approximate surface area is 135 Å². The Balaban J connectivity index is 2.69. The Kier molecular flexibility index (Phi) is 4.38. The van der Waals surface area contributed by atoms with Crippen molar-refractivity contribution in [3.8, 4) is 11.4 Å². The van der Waals surface area contributed by atoms with Crippen molar-refractivity contribution in [1.29, 1.82) is 0 Å². The first-order valence-corrected chi connectivity index (χ1v) is 8.65. The normalized spacial score (nSPS) is 12.1. The molecular formula is C11H12ClIN4O2S. The summed E-state index contributed by atoms with van der Waals surface area (Å²) >= 11 is 8.19. The molecule has 0 saturated carbocycles. The lowest BCUT2D eigenvalue weighted by Crippen LogP contribution is -2.20. The van der Waals surface area contributed by atoms with E-state index in [0.29, 0.717) is 16.4 Å². The molecule has 108 valence electrons. The van der Waals surface area contributed by atoms with Gasteiger partial charge in [0.1, 0.15) is 0 Å². The molecule has 2 rings (SSSR count). The molecule has 0 fully saturated rings. The zero-order chi connectivity index (χ0) is 15.1. The van der Waals surface area contributed by atoms with Crippen molar-refractivity contribution in [3.05, 3.63) is 26.8 Å². The van der Waals surface area contributed by atoms with Gasteiger partial charge in [-0.3, -0.25) is 4.57 Å². The molecular weight excluding hydrogens is 415 g/mol. The standard InChI is InChI=1S/C11H12ClIN4O2S/c1-6(2)17-10(15-16-11(17)20(14,18)19)7-3-4-9(13)8(12)5-7/h3-6H,1-2H3,(H2,14,18,19). The van der Waals surface area contributed by atoms with Crippen LogP contribution in [0.2, 0.25) is 5.02 Å². The average molecular weight is 427 g/mol. The smallest absolute Gasteiger partial charge is 0.273 e. The Morgan fingerprint density at radius 1 is 1.35 bits per heavy atom. The highest BCUT2D eigenvalue weighted by Gasteiger charge is 2.23. The third-order valence-electron chi connectivity index (χ3n) is 2.61. The summed E-state index contributed by atoms with van der Waals surface area (Å²) in [6, 6.07) is 5.20. The third-order valence-corrected chi connectivity index (χ3v) is 4.97. The summed E-state index contributed by atoms with van der Waals surface area (Å²) < 4.78 is 25.5. The second-order valence-electron chi connectivity index (χ2n) is 4.44. The SMILES string of the molecule is CC(C)n1c(-c2ccc(I)c(Cl)c2)nnc1S(N)(=O)=O. The van der Waals surface area contributed by atoms with Crippen LogP contribution < -0.4 is 5.14 Å².